The van der Waals surface area contributed by atoms with E-state index in [4.69, 9.17) is 9.47 Å². The van der Waals surface area contributed by atoms with Crippen LogP contribution in [0.4, 0.5) is 4.39 Å². The van der Waals surface area contributed by atoms with E-state index in [1.54, 1.807) is 43.4 Å². The van der Waals surface area contributed by atoms with E-state index in [-0.39, 0.29) is 23.9 Å². The predicted octanol–water partition coefficient (Wildman–Crippen LogP) is 2.81. The molecule has 0 radical (unpaired) electrons. The summed E-state index contributed by atoms with van der Waals surface area (Å²) in [4.78, 5) is 26.7. The number of benzene rings is 2. The molecule has 2 aromatic rings. The Bertz CT molecular complexity index is 879. The molecule has 7 heteroatoms. The lowest BCUT2D eigenvalue weighted by Gasteiger charge is -2.32. The number of ether oxygens (including phenoxy) is 2. The molecule has 2 aromatic carbocycles. The first-order valence-electron chi connectivity index (χ1n) is 9.56. The highest BCUT2D eigenvalue weighted by Gasteiger charge is 2.25. The third-order valence-corrected chi connectivity index (χ3v) is 5.10. The molecule has 0 unspecified atom stereocenters. The number of halogens is 1. The van der Waals surface area contributed by atoms with E-state index in [2.05, 4.69) is 5.32 Å². The first-order chi connectivity index (χ1) is 14.0. The second-order valence-electron chi connectivity index (χ2n) is 6.97. The fourth-order valence-electron chi connectivity index (χ4n) is 3.46. The normalized spacial score (nSPS) is 14.4. The topological polar surface area (TPSA) is 67.9 Å². The number of carbonyl (C=O) groups excluding carboxylic acids is 2. The van der Waals surface area contributed by atoms with E-state index in [1.165, 1.54) is 12.1 Å². The maximum atomic E-state index is 13.7. The summed E-state index contributed by atoms with van der Waals surface area (Å²) in [6.07, 6.45) is 1.54. The third kappa shape index (κ3) is 5.04. The van der Waals surface area contributed by atoms with Gasteiger partial charge in [-0.1, -0.05) is 18.2 Å². The number of piperidine rings is 1. The van der Waals surface area contributed by atoms with E-state index >= 15 is 0 Å². The Morgan fingerprint density at radius 3 is 2.41 bits per heavy atom. The summed E-state index contributed by atoms with van der Waals surface area (Å²) in [5, 5.41) is 2.87. The van der Waals surface area contributed by atoms with Crippen LogP contribution in [0.5, 0.6) is 11.5 Å². The molecule has 1 aliphatic rings. The molecule has 2 amide bonds. The summed E-state index contributed by atoms with van der Waals surface area (Å²) < 4.78 is 24.2. The fraction of sp³-hybridized carbons (Fsp3) is 0.364. The van der Waals surface area contributed by atoms with Gasteiger partial charge >= 0.3 is 0 Å². The SMILES string of the molecule is COc1ccc(CC(=O)N2CCC(NC(=O)c3ccccc3F)CC2)cc1OC. The average molecular weight is 400 g/mol. The van der Waals surface area contributed by atoms with Crippen LogP contribution in [0.15, 0.2) is 42.5 Å². The van der Waals surface area contributed by atoms with Crippen LogP contribution in [-0.2, 0) is 11.2 Å². The van der Waals surface area contributed by atoms with Crippen molar-refractivity contribution >= 4 is 11.8 Å². The Labute approximate surface area is 169 Å². The van der Waals surface area contributed by atoms with Gasteiger partial charge in [0.2, 0.25) is 5.91 Å². The Balaban J connectivity index is 1.52. The molecule has 1 saturated heterocycles. The number of carbonyl (C=O) groups is 2. The molecule has 1 heterocycles. The molecule has 1 fully saturated rings. The molecule has 0 atom stereocenters. The van der Waals surface area contributed by atoms with Gasteiger partial charge in [-0.2, -0.15) is 0 Å². The zero-order valence-corrected chi connectivity index (χ0v) is 16.6. The molecule has 0 aliphatic carbocycles. The molecule has 1 N–H and O–H groups in total. The molecule has 0 spiro atoms. The van der Waals surface area contributed by atoms with Crippen molar-refractivity contribution in [1.29, 1.82) is 0 Å². The standard InChI is InChI=1S/C22H25FN2O4/c1-28-19-8-7-15(13-20(19)29-2)14-21(26)25-11-9-16(10-12-25)24-22(27)17-5-3-4-6-18(17)23/h3-8,13,16H,9-12,14H2,1-2H3,(H,24,27). The lowest BCUT2D eigenvalue weighted by atomic mass is 10.0. The van der Waals surface area contributed by atoms with Crippen LogP contribution in [0.2, 0.25) is 0 Å². The largest absolute Gasteiger partial charge is 0.493 e. The van der Waals surface area contributed by atoms with Gasteiger partial charge in [0.05, 0.1) is 26.2 Å². The van der Waals surface area contributed by atoms with Crippen LogP contribution < -0.4 is 14.8 Å². The average Bonchev–Trinajstić information content (AvgIpc) is 2.74. The van der Waals surface area contributed by atoms with E-state index in [9.17, 15) is 14.0 Å². The molecule has 6 nitrogen and oxygen atoms in total. The summed E-state index contributed by atoms with van der Waals surface area (Å²) in [6, 6.07) is 11.3. The molecule has 3 rings (SSSR count). The van der Waals surface area contributed by atoms with E-state index in [0.717, 1.165) is 5.56 Å². The van der Waals surface area contributed by atoms with Crippen LogP contribution >= 0.6 is 0 Å². The van der Waals surface area contributed by atoms with Gasteiger partial charge in [-0.05, 0) is 42.7 Å². The smallest absolute Gasteiger partial charge is 0.254 e. The number of hydrogen-bond acceptors (Lipinski definition) is 4. The number of methoxy groups -OCH3 is 2. The molecular weight excluding hydrogens is 375 g/mol. The number of rotatable bonds is 6. The summed E-state index contributed by atoms with van der Waals surface area (Å²) in [7, 11) is 3.13. The van der Waals surface area contributed by atoms with Gasteiger partial charge in [0, 0.05) is 19.1 Å². The Morgan fingerprint density at radius 1 is 1.07 bits per heavy atom. The lowest BCUT2D eigenvalue weighted by molar-refractivity contribution is -0.131. The quantitative estimate of drug-likeness (QED) is 0.810. The minimum absolute atomic E-state index is 0.0242. The fourth-order valence-corrected chi connectivity index (χ4v) is 3.46. The van der Waals surface area contributed by atoms with Gasteiger partial charge in [0.15, 0.2) is 11.5 Å². The summed E-state index contributed by atoms with van der Waals surface area (Å²) in [6.45, 7) is 1.10. The first-order valence-corrected chi connectivity index (χ1v) is 9.56. The van der Waals surface area contributed by atoms with Crippen LogP contribution in [0.25, 0.3) is 0 Å². The monoisotopic (exact) mass is 400 g/mol. The first kappa shape index (κ1) is 20.6. The van der Waals surface area contributed by atoms with E-state index in [0.29, 0.717) is 37.4 Å². The molecule has 154 valence electrons. The number of nitrogens with one attached hydrogen (secondary N) is 1. The second-order valence-corrected chi connectivity index (χ2v) is 6.97. The maximum absolute atomic E-state index is 13.7. The lowest BCUT2D eigenvalue weighted by Crippen LogP contribution is -2.47. The summed E-state index contributed by atoms with van der Waals surface area (Å²) >= 11 is 0. The van der Waals surface area contributed by atoms with E-state index in [1.807, 2.05) is 6.07 Å². The molecule has 29 heavy (non-hydrogen) atoms. The maximum Gasteiger partial charge on any atom is 0.254 e. The highest BCUT2D eigenvalue weighted by molar-refractivity contribution is 5.94. The Kier molecular flexibility index (Phi) is 6.69. The van der Waals surface area contributed by atoms with Crippen molar-refractivity contribution < 1.29 is 23.5 Å². The Morgan fingerprint density at radius 2 is 1.76 bits per heavy atom. The molecule has 0 saturated carbocycles. The summed E-state index contributed by atoms with van der Waals surface area (Å²) in [5.74, 6) is 0.282. The van der Waals surface area contributed by atoms with Crippen molar-refractivity contribution in [3.63, 3.8) is 0 Å². The second kappa shape index (κ2) is 9.41. The van der Waals surface area contributed by atoms with E-state index < -0.39 is 11.7 Å². The van der Waals surface area contributed by atoms with Gasteiger partial charge < -0.3 is 19.7 Å². The highest BCUT2D eigenvalue weighted by atomic mass is 19.1. The molecular formula is C22H25FN2O4. The summed E-state index contributed by atoms with van der Waals surface area (Å²) in [5.41, 5.74) is 0.891. The zero-order chi connectivity index (χ0) is 20.8. The van der Waals surface area contributed by atoms with Gasteiger partial charge in [0.1, 0.15) is 5.82 Å². The van der Waals surface area contributed by atoms with Gasteiger partial charge in [-0.3, -0.25) is 9.59 Å². The van der Waals surface area contributed by atoms with Gasteiger partial charge in [-0.15, -0.1) is 0 Å². The van der Waals surface area contributed by atoms with Crippen molar-refractivity contribution in [2.75, 3.05) is 27.3 Å². The van der Waals surface area contributed by atoms with Crippen LogP contribution in [-0.4, -0.2) is 50.1 Å². The highest BCUT2D eigenvalue weighted by Crippen LogP contribution is 2.28. The van der Waals surface area contributed by atoms with Crippen molar-refractivity contribution in [2.24, 2.45) is 0 Å². The number of nitrogens with zero attached hydrogens (tertiary/aromatic N) is 1. The third-order valence-electron chi connectivity index (χ3n) is 5.10. The molecule has 1 aliphatic heterocycles. The van der Waals surface area contributed by atoms with Crippen molar-refractivity contribution in [3.8, 4) is 11.5 Å². The van der Waals surface area contributed by atoms with Crippen molar-refractivity contribution in [1.82, 2.24) is 10.2 Å². The number of amides is 2. The van der Waals surface area contributed by atoms with Crippen LogP contribution in [0.1, 0.15) is 28.8 Å². The predicted molar refractivity (Wildman–Crippen MR) is 107 cm³/mol. The minimum atomic E-state index is -0.535. The van der Waals surface area contributed by atoms with Crippen LogP contribution in [0, 0.1) is 5.82 Å². The molecule has 0 bridgehead atoms. The van der Waals surface area contributed by atoms with Crippen molar-refractivity contribution in [3.05, 3.63) is 59.4 Å². The minimum Gasteiger partial charge on any atom is -0.493 e. The van der Waals surface area contributed by atoms with Gasteiger partial charge in [-0.25, -0.2) is 4.39 Å². The van der Waals surface area contributed by atoms with Crippen LogP contribution in [0.3, 0.4) is 0 Å². The zero-order valence-electron chi connectivity index (χ0n) is 16.6. The van der Waals surface area contributed by atoms with Gasteiger partial charge in [0.25, 0.3) is 5.91 Å². The number of hydrogen-bond donors (Lipinski definition) is 1. The molecule has 0 aromatic heterocycles. The van der Waals surface area contributed by atoms with Crippen molar-refractivity contribution in [2.45, 2.75) is 25.3 Å². The Hall–Kier alpha value is -3.09. The number of likely N-dealkylation sites (tertiary alicyclic amines) is 1.